The van der Waals surface area contributed by atoms with Gasteiger partial charge in [-0.05, 0) is 30.2 Å². The van der Waals surface area contributed by atoms with E-state index in [0.29, 0.717) is 11.2 Å². The minimum absolute atomic E-state index is 0.549. The third-order valence-electron chi connectivity index (χ3n) is 2.98. The third kappa shape index (κ3) is 4.22. The molecule has 0 radical (unpaired) electrons. The molecule has 0 saturated carbocycles. The Morgan fingerprint density at radius 2 is 1.90 bits per heavy atom. The molecule has 0 saturated heterocycles. The maximum absolute atomic E-state index is 4.84. The Morgan fingerprint density at radius 1 is 1.15 bits per heavy atom. The molecule has 3 heteroatoms. The maximum Gasteiger partial charge on any atom is 0.101 e. The van der Waals surface area contributed by atoms with Crippen molar-refractivity contribution in [2.24, 2.45) is 5.92 Å². The predicted molar refractivity (Wildman–Crippen MR) is 89.3 cm³/mol. The molecule has 0 fully saturated rings. The number of nitrogens with zero attached hydrogens (tertiary/aromatic N) is 1. The molecule has 0 aliphatic heterocycles. The Balaban J connectivity index is 2.28. The lowest BCUT2D eigenvalue weighted by atomic mass is 10.1. The van der Waals surface area contributed by atoms with E-state index in [2.05, 4.69) is 63.3 Å². The molecular formula is C17H24N2S. The minimum atomic E-state index is 0.549. The first kappa shape index (κ1) is 15.3. The van der Waals surface area contributed by atoms with E-state index in [9.17, 15) is 0 Å². The van der Waals surface area contributed by atoms with Crippen molar-refractivity contribution < 1.29 is 0 Å². The average Bonchev–Trinajstić information content (AvgIpc) is 2.38. The molecule has 0 atom stereocenters. The first-order valence-corrected chi connectivity index (χ1v) is 8.20. The molecule has 20 heavy (non-hydrogen) atoms. The summed E-state index contributed by atoms with van der Waals surface area (Å²) in [6, 6.07) is 10.6. The van der Waals surface area contributed by atoms with E-state index in [1.54, 1.807) is 0 Å². The van der Waals surface area contributed by atoms with Gasteiger partial charge in [-0.2, -0.15) is 0 Å². The summed E-state index contributed by atoms with van der Waals surface area (Å²) in [6.07, 6.45) is 0. The second kappa shape index (κ2) is 7.09. The number of nitrogens with one attached hydrogen (secondary N) is 1. The number of fused-ring (bicyclic) bond motifs is 1. The van der Waals surface area contributed by atoms with Crippen LogP contribution in [0.3, 0.4) is 0 Å². The highest BCUT2D eigenvalue weighted by molar-refractivity contribution is 7.99. The Kier molecular flexibility index (Phi) is 5.44. The van der Waals surface area contributed by atoms with E-state index >= 15 is 0 Å². The van der Waals surface area contributed by atoms with E-state index in [1.807, 2.05) is 11.8 Å². The van der Waals surface area contributed by atoms with Gasteiger partial charge in [0, 0.05) is 17.2 Å². The zero-order chi connectivity index (χ0) is 14.5. The number of rotatable bonds is 6. The normalized spacial score (nSPS) is 11.7. The first-order valence-electron chi connectivity index (χ1n) is 7.32. The monoisotopic (exact) mass is 288 g/mol. The molecule has 0 spiro atoms. The smallest absolute Gasteiger partial charge is 0.101 e. The minimum Gasteiger partial charge on any atom is -0.312 e. The van der Waals surface area contributed by atoms with Crippen LogP contribution in [-0.2, 0) is 6.54 Å². The van der Waals surface area contributed by atoms with Gasteiger partial charge in [0.2, 0.25) is 0 Å². The summed E-state index contributed by atoms with van der Waals surface area (Å²) in [6.45, 7) is 10.8. The van der Waals surface area contributed by atoms with Crippen molar-refractivity contribution in [1.82, 2.24) is 10.3 Å². The zero-order valence-corrected chi connectivity index (χ0v) is 13.6. The summed E-state index contributed by atoms with van der Waals surface area (Å²) >= 11 is 1.85. The molecule has 1 aromatic heterocycles. The van der Waals surface area contributed by atoms with Crippen molar-refractivity contribution in [2.75, 3.05) is 6.54 Å². The number of hydrogen-bond donors (Lipinski definition) is 1. The van der Waals surface area contributed by atoms with Gasteiger partial charge >= 0.3 is 0 Å². The summed E-state index contributed by atoms with van der Waals surface area (Å²) in [5, 5.41) is 6.46. The van der Waals surface area contributed by atoms with Crippen LogP contribution in [0.5, 0.6) is 0 Å². The summed E-state index contributed by atoms with van der Waals surface area (Å²) in [7, 11) is 0. The standard InChI is InChI=1S/C17H24N2S/c1-12(2)10-18-11-15-9-14-7-5-6-8-16(14)19-17(15)20-13(3)4/h5-9,12-13,18H,10-11H2,1-4H3. The van der Waals surface area contributed by atoms with Crippen LogP contribution in [0, 0.1) is 5.92 Å². The molecule has 108 valence electrons. The van der Waals surface area contributed by atoms with Crippen LogP contribution in [0.25, 0.3) is 10.9 Å². The van der Waals surface area contributed by atoms with Crippen LogP contribution in [0.15, 0.2) is 35.4 Å². The topological polar surface area (TPSA) is 24.9 Å². The number of thioether (sulfide) groups is 1. The highest BCUT2D eigenvalue weighted by Crippen LogP contribution is 2.27. The van der Waals surface area contributed by atoms with Crippen LogP contribution in [-0.4, -0.2) is 16.8 Å². The molecule has 2 aromatic rings. The molecule has 2 nitrogen and oxygen atoms in total. The fraction of sp³-hybridized carbons (Fsp3) is 0.471. The molecule has 1 N–H and O–H groups in total. The van der Waals surface area contributed by atoms with E-state index in [1.165, 1.54) is 10.9 Å². The zero-order valence-electron chi connectivity index (χ0n) is 12.8. The van der Waals surface area contributed by atoms with Crippen molar-refractivity contribution in [2.45, 2.75) is 44.5 Å². The van der Waals surface area contributed by atoms with E-state index in [0.717, 1.165) is 23.6 Å². The van der Waals surface area contributed by atoms with E-state index < -0.39 is 0 Å². The number of aromatic nitrogens is 1. The number of para-hydroxylation sites is 1. The maximum atomic E-state index is 4.84. The van der Waals surface area contributed by atoms with Gasteiger partial charge < -0.3 is 5.32 Å². The molecular weight excluding hydrogens is 264 g/mol. The number of hydrogen-bond acceptors (Lipinski definition) is 3. The lowest BCUT2D eigenvalue weighted by molar-refractivity contribution is 0.549. The van der Waals surface area contributed by atoms with Crippen LogP contribution in [0.2, 0.25) is 0 Å². The van der Waals surface area contributed by atoms with Gasteiger partial charge in [-0.1, -0.05) is 45.9 Å². The molecule has 0 aliphatic carbocycles. The highest BCUT2D eigenvalue weighted by atomic mass is 32.2. The van der Waals surface area contributed by atoms with E-state index in [-0.39, 0.29) is 0 Å². The summed E-state index contributed by atoms with van der Waals surface area (Å²) < 4.78 is 0. The van der Waals surface area contributed by atoms with Gasteiger partial charge in [0.1, 0.15) is 5.03 Å². The fourth-order valence-corrected chi connectivity index (χ4v) is 2.97. The summed E-state index contributed by atoms with van der Waals surface area (Å²) in [4.78, 5) is 4.84. The third-order valence-corrected chi connectivity index (χ3v) is 4.03. The van der Waals surface area contributed by atoms with Gasteiger partial charge in [0.05, 0.1) is 5.52 Å². The Labute approximate surface area is 126 Å². The Morgan fingerprint density at radius 3 is 2.60 bits per heavy atom. The molecule has 0 amide bonds. The second-order valence-corrected chi connectivity index (χ2v) is 7.40. The largest absolute Gasteiger partial charge is 0.312 e. The fourth-order valence-electron chi connectivity index (χ4n) is 2.09. The van der Waals surface area contributed by atoms with Gasteiger partial charge in [-0.3, -0.25) is 0 Å². The van der Waals surface area contributed by atoms with Gasteiger partial charge in [-0.15, -0.1) is 11.8 Å². The highest BCUT2D eigenvalue weighted by Gasteiger charge is 2.09. The van der Waals surface area contributed by atoms with Crippen molar-refractivity contribution >= 4 is 22.7 Å². The van der Waals surface area contributed by atoms with Gasteiger partial charge in [0.25, 0.3) is 0 Å². The molecule has 0 aliphatic rings. The van der Waals surface area contributed by atoms with Crippen LogP contribution >= 0.6 is 11.8 Å². The van der Waals surface area contributed by atoms with Gasteiger partial charge in [0.15, 0.2) is 0 Å². The van der Waals surface area contributed by atoms with Crippen molar-refractivity contribution in [1.29, 1.82) is 0 Å². The van der Waals surface area contributed by atoms with Crippen molar-refractivity contribution in [3.8, 4) is 0 Å². The second-order valence-electron chi connectivity index (χ2n) is 5.84. The van der Waals surface area contributed by atoms with Crippen LogP contribution in [0.1, 0.15) is 33.3 Å². The molecule has 2 rings (SSSR count). The van der Waals surface area contributed by atoms with Crippen LogP contribution < -0.4 is 5.32 Å². The number of benzene rings is 1. The first-order chi connectivity index (χ1) is 9.56. The average molecular weight is 288 g/mol. The summed E-state index contributed by atoms with van der Waals surface area (Å²) in [5.74, 6) is 0.671. The van der Waals surface area contributed by atoms with E-state index in [4.69, 9.17) is 4.98 Å². The lowest BCUT2D eigenvalue weighted by Gasteiger charge is -2.13. The molecule has 1 aromatic carbocycles. The quantitative estimate of drug-likeness (QED) is 0.793. The van der Waals surface area contributed by atoms with Crippen LogP contribution in [0.4, 0.5) is 0 Å². The SMILES string of the molecule is CC(C)CNCc1cc2ccccc2nc1SC(C)C. The van der Waals surface area contributed by atoms with Crippen molar-refractivity contribution in [3.63, 3.8) is 0 Å². The summed E-state index contributed by atoms with van der Waals surface area (Å²) in [5.41, 5.74) is 2.39. The Bertz CT molecular complexity index is 564. The number of pyridine rings is 1. The predicted octanol–water partition coefficient (Wildman–Crippen LogP) is 4.48. The van der Waals surface area contributed by atoms with Crippen molar-refractivity contribution in [3.05, 3.63) is 35.9 Å². The molecule has 1 heterocycles. The lowest BCUT2D eigenvalue weighted by Crippen LogP contribution is -2.19. The Hall–Kier alpha value is -1.06. The molecule has 0 bridgehead atoms. The molecule has 0 unspecified atom stereocenters. The van der Waals surface area contributed by atoms with Gasteiger partial charge in [-0.25, -0.2) is 4.98 Å².